The zero-order valence-electron chi connectivity index (χ0n) is 8.95. The molecule has 0 radical (unpaired) electrons. The fourth-order valence-electron chi connectivity index (χ4n) is 2.85. The van der Waals surface area contributed by atoms with Crippen molar-refractivity contribution in [3.8, 4) is 0 Å². The van der Waals surface area contributed by atoms with Crippen LogP contribution in [0.1, 0.15) is 45.4 Å². The summed E-state index contributed by atoms with van der Waals surface area (Å²) in [5, 5.41) is 0.890. The highest BCUT2D eigenvalue weighted by Crippen LogP contribution is 2.34. The third kappa shape index (κ3) is 1.89. The van der Waals surface area contributed by atoms with E-state index in [0.29, 0.717) is 22.5 Å². The molecule has 2 nitrogen and oxygen atoms in total. The molecule has 2 N–H and O–H groups in total. The molecule has 4 atom stereocenters. The average Bonchev–Trinajstić information content (AvgIpc) is 2.77. The van der Waals surface area contributed by atoms with Crippen LogP contribution in [0.2, 0.25) is 0 Å². The Hall–Kier alpha value is 0.110. The molecule has 2 fully saturated rings. The maximum atomic E-state index is 12.3. The van der Waals surface area contributed by atoms with E-state index in [1.54, 1.807) is 0 Å². The first kappa shape index (κ1) is 10.6. The van der Waals surface area contributed by atoms with Gasteiger partial charge in [0.25, 0.3) is 0 Å². The van der Waals surface area contributed by atoms with Gasteiger partial charge in [0.2, 0.25) is 0 Å². The van der Waals surface area contributed by atoms with E-state index in [4.69, 9.17) is 5.73 Å². The molecule has 14 heavy (non-hydrogen) atoms. The largest absolute Gasteiger partial charge is 0.327 e. The lowest BCUT2D eigenvalue weighted by atomic mass is 10.1. The molecule has 2 saturated carbocycles. The van der Waals surface area contributed by atoms with E-state index in [9.17, 15) is 4.21 Å². The zero-order chi connectivity index (χ0) is 10.1. The van der Waals surface area contributed by atoms with Gasteiger partial charge in [-0.15, -0.1) is 0 Å². The first-order valence-electron chi connectivity index (χ1n) is 5.85. The lowest BCUT2D eigenvalue weighted by Crippen LogP contribution is -2.32. The van der Waals surface area contributed by atoms with Crippen molar-refractivity contribution in [1.29, 1.82) is 0 Å². The van der Waals surface area contributed by atoms with Crippen LogP contribution in [0.15, 0.2) is 0 Å². The maximum Gasteiger partial charge on any atom is 0.0391 e. The van der Waals surface area contributed by atoms with Crippen molar-refractivity contribution in [2.45, 2.75) is 62.0 Å². The first-order chi connectivity index (χ1) is 6.70. The Balaban J connectivity index is 1.97. The average molecular weight is 215 g/mol. The molecule has 0 aromatic rings. The third-order valence-electron chi connectivity index (χ3n) is 3.98. The molecule has 0 heterocycles. The van der Waals surface area contributed by atoms with E-state index in [0.717, 1.165) is 12.8 Å². The summed E-state index contributed by atoms with van der Waals surface area (Å²) in [4.78, 5) is 0. The normalized spacial score (nSPS) is 41.7. The van der Waals surface area contributed by atoms with Crippen LogP contribution in [0.5, 0.6) is 0 Å². The van der Waals surface area contributed by atoms with Crippen molar-refractivity contribution in [3.63, 3.8) is 0 Å². The standard InChI is InChI=1S/C11H21NOS/c1-8-10(12)6-7-11(8)14(13)9-4-2-3-5-9/h8-11H,2-7,12H2,1H3. The van der Waals surface area contributed by atoms with Gasteiger partial charge in [-0.3, -0.25) is 4.21 Å². The Bertz CT molecular complexity index is 225. The summed E-state index contributed by atoms with van der Waals surface area (Å²) in [6, 6.07) is 0.297. The molecule has 82 valence electrons. The minimum absolute atomic E-state index is 0.297. The van der Waals surface area contributed by atoms with Crippen molar-refractivity contribution in [1.82, 2.24) is 0 Å². The Morgan fingerprint density at radius 1 is 1.14 bits per heavy atom. The van der Waals surface area contributed by atoms with E-state index in [1.807, 2.05) is 0 Å². The van der Waals surface area contributed by atoms with Crippen molar-refractivity contribution in [2.75, 3.05) is 0 Å². The molecule has 3 heteroatoms. The minimum Gasteiger partial charge on any atom is -0.327 e. The van der Waals surface area contributed by atoms with Crippen molar-refractivity contribution in [3.05, 3.63) is 0 Å². The quantitative estimate of drug-likeness (QED) is 0.763. The summed E-state index contributed by atoms with van der Waals surface area (Å²) >= 11 is 0. The monoisotopic (exact) mass is 215 g/mol. The second-order valence-corrected chi connectivity index (χ2v) is 6.80. The first-order valence-corrected chi connectivity index (χ1v) is 7.12. The van der Waals surface area contributed by atoms with E-state index in [-0.39, 0.29) is 0 Å². The second-order valence-electron chi connectivity index (χ2n) is 4.87. The number of rotatable bonds is 2. The second kappa shape index (κ2) is 4.31. The van der Waals surface area contributed by atoms with Crippen LogP contribution < -0.4 is 5.73 Å². The molecular formula is C11H21NOS. The van der Waals surface area contributed by atoms with E-state index < -0.39 is 10.8 Å². The van der Waals surface area contributed by atoms with E-state index in [1.165, 1.54) is 25.7 Å². The summed E-state index contributed by atoms with van der Waals surface area (Å²) in [6.45, 7) is 2.18. The molecule has 0 bridgehead atoms. The molecule has 2 rings (SSSR count). The molecule has 0 amide bonds. The lowest BCUT2D eigenvalue weighted by molar-refractivity contribution is 0.524. The number of hydrogen-bond donors (Lipinski definition) is 1. The lowest BCUT2D eigenvalue weighted by Gasteiger charge is -2.21. The fourth-order valence-corrected chi connectivity index (χ4v) is 5.14. The van der Waals surface area contributed by atoms with Gasteiger partial charge in [0.1, 0.15) is 0 Å². The highest BCUT2D eigenvalue weighted by molar-refractivity contribution is 7.86. The summed E-state index contributed by atoms with van der Waals surface area (Å²) in [7, 11) is -0.601. The minimum atomic E-state index is -0.601. The molecule has 0 spiro atoms. The van der Waals surface area contributed by atoms with Crippen LogP contribution in [0.25, 0.3) is 0 Å². The molecular weight excluding hydrogens is 194 g/mol. The van der Waals surface area contributed by atoms with Crippen LogP contribution in [0, 0.1) is 5.92 Å². The summed E-state index contributed by atoms with van der Waals surface area (Å²) in [6.07, 6.45) is 7.10. The summed E-state index contributed by atoms with van der Waals surface area (Å²) in [5.41, 5.74) is 5.97. The van der Waals surface area contributed by atoms with Gasteiger partial charge in [0.15, 0.2) is 0 Å². The van der Waals surface area contributed by atoms with Crippen LogP contribution >= 0.6 is 0 Å². The topological polar surface area (TPSA) is 43.1 Å². The smallest absolute Gasteiger partial charge is 0.0391 e. The molecule has 0 aromatic carbocycles. The Morgan fingerprint density at radius 2 is 1.79 bits per heavy atom. The molecule has 0 aromatic heterocycles. The summed E-state index contributed by atoms with van der Waals surface area (Å²) in [5.74, 6) is 0.469. The van der Waals surface area contributed by atoms with Gasteiger partial charge in [0, 0.05) is 27.3 Å². The predicted molar refractivity (Wildman–Crippen MR) is 60.6 cm³/mol. The van der Waals surface area contributed by atoms with Gasteiger partial charge in [-0.2, -0.15) is 0 Å². The molecule has 0 aliphatic heterocycles. The predicted octanol–water partition coefficient (Wildman–Crippen LogP) is 1.80. The van der Waals surface area contributed by atoms with Crippen LogP contribution in [0.3, 0.4) is 0 Å². The van der Waals surface area contributed by atoms with Crippen LogP contribution in [-0.4, -0.2) is 20.8 Å². The Morgan fingerprint density at radius 3 is 2.29 bits per heavy atom. The van der Waals surface area contributed by atoms with Crippen molar-refractivity contribution >= 4 is 10.8 Å². The maximum absolute atomic E-state index is 12.3. The molecule has 4 unspecified atom stereocenters. The van der Waals surface area contributed by atoms with Gasteiger partial charge >= 0.3 is 0 Å². The highest BCUT2D eigenvalue weighted by Gasteiger charge is 2.37. The van der Waals surface area contributed by atoms with Crippen molar-refractivity contribution < 1.29 is 4.21 Å². The number of nitrogens with two attached hydrogens (primary N) is 1. The Labute approximate surface area is 89.1 Å². The van der Waals surface area contributed by atoms with Gasteiger partial charge in [-0.25, -0.2) is 0 Å². The van der Waals surface area contributed by atoms with Crippen LogP contribution in [0.4, 0.5) is 0 Å². The Kier molecular flexibility index (Phi) is 3.27. The number of hydrogen-bond acceptors (Lipinski definition) is 2. The molecule has 2 aliphatic carbocycles. The van der Waals surface area contributed by atoms with Gasteiger partial charge in [0.05, 0.1) is 0 Å². The third-order valence-corrected chi connectivity index (χ3v) is 6.37. The van der Waals surface area contributed by atoms with Crippen LogP contribution in [-0.2, 0) is 10.8 Å². The zero-order valence-corrected chi connectivity index (χ0v) is 9.76. The van der Waals surface area contributed by atoms with Gasteiger partial charge < -0.3 is 5.73 Å². The highest BCUT2D eigenvalue weighted by atomic mass is 32.2. The molecule has 0 saturated heterocycles. The molecule has 2 aliphatic rings. The fraction of sp³-hybridized carbons (Fsp3) is 1.00. The van der Waals surface area contributed by atoms with Gasteiger partial charge in [-0.1, -0.05) is 19.8 Å². The van der Waals surface area contributed by atoms with E-state index >= 15 is 0 Å². The van der Waals surface area contributed by atoms with E-state index in [2.05, 4.69) is 6.92 Å². The van der Waals surface area contributed by atoms with Crippen molar-refractivity contribution in [2.24, 2.45) is 11.7 Å². The van der Waals surface area contributed by atoms with Gasteiger partial charge in [-0.05, 0) is 31.6 Å². The summed E-state index contributed by atoms with van der Waals surface area (Å²) < 4.78 is 12.3. The SMILES string of the molecule is CC1C(N)CCC1S(=O)C1CCCC1.